The number of hydrogen-bond donors (Lipinski definition) is 3. The van der Waals surface area contributed by atoms with E-state index < -0.39 is 0 Å². The molecule has 2 aromatic carbocycles. The van der Waals surface area contributed by atoms with E-state index >= 15 is 0 Å². The zero-order valence-electron chi connectivity index (χ0n) is 15.2. The highest BCUT2D eigenvalue weighted by Gasteiger charge is 2.13. The van der Waals surface area contributed by atoms with E-state index in [0.29, 0.717) is 11.3 Å². The third-order valence-corrected chi connectivity index (χ3v) is 4.84. The minimum absolute atomic E-state index is 0.113. The maximum Gasteiger partial charge on any atom is 0.319 e. The fourth-order valence-electron chi connectivity index (χ4n) is 2.38. The molecule has 0 saturated heterocycles. The number of benzene rings is 2. The van der Waals surface area contributed by atoms with Crippen molar-refractivity contribution in [2.75, 3.05) is 5.32 Å². The Balaban J connectivity index is 1.93. The van der Waals surface area contributed by atoms with E-state index in [4.69, 9.17) is 0 Å². The van der Waals surface area contributed by atoms with Gasteiger partial charge < -0.3 is 16.0 Å². The summed E-state index contributed by atoms with van der Waals surface area (Å²) in [6.45, 7) is 5.90. The van der Waals surface area contributed by atoms with Crippen LogP contribution in [0.15, 0.2) is 53.0 Å². The zero-order chi connectivity index (χ0) is 19.1. The first-order valence-electron chi connectivity index (χ1n) is 8.63. The summed E-state index contributed by atoms with van der Waals surface area (Å²) in [6.07, 6.45) is 0.876. The van der Waals surface area contributed by atoms with Gasteiger partial charge in [0.15, 0.2) is 0 Å². The van der Waals surface area contributed by atoms with Crippen LogP contribution in [0, 0.1) is 0 Å². The second-order valence-electron chi connectivity index (χ2n) is 6.20. The molecule has 138 valence electrons. The van der Waals surface area contributed by atoms with Crippen molar-refractivity contribution < 1.29 is 9.59 Å². The van der Waals surface area contributed by atoms with E-state index in [1.807, 2.05) is 45.0 Å². The number of rotatable bonds is 6. The van der Waals surface area contributed by atoms with Crippen LogP contribution in [0.2, 0.25) is 0 Å². The molecule has 0 aliphatic heterocycles. The summed E-state index contributed by atoms with van der Waals surface area (Å²) in [5.74, 6) is -0.113. The van der Waals surface area contributed by atoms with Crippen molar-refractivity contribution in [1.82, 2.24) is 10.6 Å². The van der Waals surface area contributed by atoms with E-state index in [0.717, 1.165) is 16.5 Å². The lowest BCUT2D eigenvalue weighted by Gasteiger charge is -2.16. The average Bonchev–Trinajstić information content (AvgIpc) is 2.62. The van der Waals surface area contributed by atoms with E-state index in [1.165, 1.54) is 0 Å². The molecule has 26 heavy (non-hydrogen) atoms. The molecule has 2 unspecified atom stereocenters. The second kappa shape index (κ2) is 9.38. The van der Waals surface area contributed by atoms with Crippen LogP contribution in [0.4, 0.5) is 10.5 Å². The van der Waals surface area contributed by atoms with Crippen LogP contribution in [0.1, 0.15) is 49.2 Å². The molecule has 0 aliphatic carbocycles. The molecule has 0 saturated carbocycles. The van der Waals surface area contributed by atoms with Gasteiger partial charge in [-0.25, -0.2) is 4.79 Å². The first-order valence-corrected chi connectivity index (χ1v) is 9.43. The smallest absolute Gasteiger partial charge is 0.319 e. The summed E-state index contributed by atoms with van der Waals surface area (Å²) < 4.78 is 0.949. The minimum atomic E-state index is -0.301. The molecule has 5 nitrogen and oxygen atoms in total. The number of anilines is 1. The van der Waals surface area contributed by atoms with Gasteiger partial charge in [-0.1, -0.05) is 41.1 Å². The summed E-state index contributed by atoms with van der Waals surface area (Å²) in [5, 5.41) is 8.59. The Morgan fingerprint density at radius 2 is 1.65 bits per heavy atom. The van der Waals surface area contributed by atoms with E-state index in [9.17, 15) is 9.59 Å². The first kappa shape index (κ1) is 20.0. The lowest BCUT2D eigenvalue weighted by Crippen LogP contribution is -2.32. The zero-order valence-corrected chi connectivity index (χ0v) is 16.8. The number of carbonyl (C=O) groups is 2. The van der Waals surface area contributed by atoms with Gasteiger partial charge >= 0.3 is 6.03 Å². The SMILES string of the molecule is CCC(C)NC(=O)c1ccc(NC(=O)NC(C)c2ccccc2Br)cc1. The summed E-state index contributed by atoms with van der Waals surface area (Å²) >= 11 is 3.49. The highest BCUT2D eigenvalue weighted by atomic mass is 79.9. The molecule has 2 aromatic rings. The maximum absolute atomic E-state index is 12.2. The summed E-state index contributed by atoms with van der Waals surface area (Å²) in [5.41, 5.74) is 2.19. The van der Waals surface area contributed by atoms with Gasteiger partial charge in [0.2, 0.25) is 0 Å². The Hall–Kier alpha value is -2.34. The number of amides is 3. The molecule has 2 atom stereocenters. The van der Waals surface area contributed by atoms with E-state index in [-0.39, 0.29) is 24.0 Å². The molecule has 0 bridgehead atoms. The minimum Gasteiger partial charge on any atom is -0.350 e. The van der Waals surface area contributed by atoms with Crippen LogP contribution >= 0.6 is 15.9 Å². The van der Waals surface area contributed by atoms with Crippen molar-refractivity contribution in [3.05, 3.63) is 64.1 Å². The summed E-state index contributed by atoms with van der Waals surface area (Å²) in [4.78, 5) is 24.3. The molecule has 0 radical (unpaired) electrons. The van der Waals surface area contributed by atoms with Crippen LogP contribution in [0.3, 0.4) is 0 Å². The second-order valence-corrected chi connectivity index (χ2v) is 7.06. The van der Waals surface area contributed by atoms with Crippen molar-refractivity contribution in [1.29, 1.82) is 0 Å². The van der Waals surface area contributed by atoms with E-state index in [2.05, 4.69) is 31.9 Å². The van der Waals surface area contributed by atoms with Gasteiger partial charge in [-0.15, -0.1) is 0 Å². The number of halogens is 1. The Kier molecular flexibility index (Phi) is 7.21. The van der Waals surface area contributed by atoms with Crippen LogP contribution < -0.4 is 16.0 Å². The van der Waals surface area contributed by atoms with Crippen molar-refractivity contribution in [2.45, 2.75) is 39.3 Å². The molecule has 3 amide bonds. The lowest BCUT2D eigenvalue weighted by molar-refractivity contribution is 0.0939. The van der Waals surface area contributed by atoms with Crippen LogP contribution in [0.5, 0.6) is 0 Å². The highest BCUT2D eigenvalue weighted by molar-refractivity contribution is 9.10. The third-order valence-electron chi connectivity index (χ3n) is 4.11. The number of urea groups is 1. The molecule has 3 N–H and O–H groups in total. The molecular formula is C20H24BrN3O2. The predicted molar refractivity (Wildman–Crippen MR) is 108 cm³/mol. The molecule has 0 aromatic heterocycles. The van der Waals surface area contributed by atoms with Gasteiger partial charge in [0.25, 0.3) is 5.91 Å². The van der Waals surface area contributed by atoms with Crippen molar-refractivity contribution in [3.8, 4) is 0 Å². The Labute approximate surface area is 162 Å². The highest BCUT2D eigenvalue weighted by Crippen LogP contribution is 2.22. The van der Waals surface area contributed by atoms with Gasteiger partial charge in [0.05, 0.1) is 6.04 Å². The van der Waals surface area contributed by atoms with E-state index in [1.54, 1.807) is 24.3 Å². The monoisotopic (exact) mass is 417 g/mol. The quantitative estimate of drug-likeness (QED) is 0.627. The normalized spacial score (nSPS) is 12.8. The Morgan fingerprint density at radius 1 is 1.00 bits per heavy atom. The molecule has 0 heterocycles. The van der Waals surface area contributed by atoms with Crippen molar-refractivity contribution in [2.24, 2.45) is 0 Å². The van der Waals surface area contributed by atoms with Crippen molar-refractivity contribution >= 4 is 33.6 Å². The Morgan fingerprint density at radius 3 is 2.27 bits per heavy atom. The molecule has 0 fully saturated rings. The maximum atomic E-state index is 12.2. The largest absolute Gasteiger partial charge is 0.350 e. The fourth-order valence-corrected chi connectivity index (χ4v) is 3.01. The van der Waals surface area contributed by atoms with Gasteiger partial charge in [-0.3, -0.25) is 4.79 Å². The number of carbonyl (C=O) groups excluding carboxylic acids is 2. The van der Waals surface area contributed by atoms with Crippen molar-refractivity contribution in [3.63, 3.8) is 0 Å². The molecule has 6 heteroatoms. The topological polar surface area (TPSA) is 70.2 Å². The average molecular weight is 418 g/mol. The molecule has 0 aliphatic rings. The molecular weight excluding hydrogens is 394 g/mol. The first-order chi connectivity index (χ1) is 12.4. The number of hydrogen-bond acceptors (Lipinski definition) is 2. The third kappa shape index (κ3) is 5.59. The van der Waals surface area contributed by atoms with Gasteiger partial charge in [-0.05, 0) is 56.2 Å². The summed E-state index contributed by atoms with van der Waals surface area (Å²) in [6, 6.07) is 14.3. The molecule has 0 spiro atoms. The fraction of sp³-hybridized carbons (Fsp3) is 0.300. The predicted octanol–water partition coefficient (Wildman–Crippen LogP) is 4.86. The van der Waals surface area contributed by atoms with Gasteiger partial charge in [0.1, 0.15) is 0 Å². The Bertz CT molecular complexity index is 762. The van der Waals surface area contributed by atoms with Gasteiger partial charge in [-0.2, -0.15) is 0 Å². The molecule has 2 rings (SSSR count). The van der Waals surface area contributed by atoms with Crippen LogP contribution in [0.25, 0.3) is 0 Å². The summed E-state index contributed by atoms with van der Waals surface area (Å²) in [7, 11) is 0. The lowest BCUT2D eigenvalue weighted by atomic mass is 10.1. The standard InChI is InChI=1S/C20H24BrN3O2/c1-4-13(2)22-19(25)15-9-11-16(12-10-15)24-20(26)23-14(3)17-7-5-6-8-18(17)21/h5-14H,4H2,1-3H3,(H,22,25)(H2,23,24,26). The van der Waals surface area contributed by atoms with Crippen LogP contribution in [-0.2, 0) is 0 Å². The number of nitrogens with one attached hydrogen (secondary N) is 3. The van der Waals surface area contributed by atoms with Gasteiger partial charge in [0, 0.05) is 21.8 Å². The van der Waals surface area contributed by atoms with Crippen LogP contribution in [-0.4, -0.2) is 18.0 Å².